The summed E-state index contributed by atoms with van der Waals surface area (Å²) in [5.74, 6) is 1.27. The van der Waals surface area contributed by atoms with E-state index in [1.54, 1.807) is 7.11 Å². The van der Waals surface area contributed by atoms with Crippen LogP contribution in [0.1, 0.15) is 38.2 Å². The van der Waals surface area contributed by atoms with Crippen molar-refractivity contribution in [1.29, 1.82) is 0 Å². The Bertz CT molecular complexity index is 339. The molecule has 2 nitrogen and oxygen atoms in total. The molecule has 0 heterocycles. The fourth-order valence-corrected chi connectivity index (χ4v) is 2.71. The van der Waals surface area contributed by atoms with Crippen LogP contribution in [0.2, 0.25) is 0 Å². The molecule has 0 bridgehead atoms. The van der Waals surface area contributed by atoms with Crippen LogP contribution < -0.4 is 5.32 Å². The summed E-state index contributed by atoms with van der Waals surface area (Å²) in [6, 6.07) is 8.74. The Morgan fingerprint density at radius 2 is 1.95 bits per heavy atom. The molecule has 108 valence electrons. The van der Waals surface area contributed by atoms with Crippen molar-refractivity contribution >= 4 is 15.9 Å². The minimum Gasteiger partial charge on any atom is -0.383 e. The van der Waals surface area contributed by atoms with Crippen molar-refractivity contribution in [1.82, 2.24) is 5.32 Å². The quantitative estimate of drug-likeness (QED) is 0.686. The Hall–Kier alpha value is -0.380. The Morgan fingerprint density at radius 3 is 2.53 bits per heavy atom. The molecule has 2 atom stereocenters. The number of methoxy groups -OCH3 is 1. The molecule has 3 heteroatoms. The van der Waals surface area contributed by atoms with Crippen LogP contribution in [0, 0.1) is 5.92 Å². The second kappa shape index (κ2) is 9.51. The molecule has 0 saturated heterocycles. The van der Waals surface area contributed by atoms with Gasteiger partial charge in [-0.3, -0.25) is 0 Å². The van der Waals surface area contributed by atoms with Gasteiger partial charge in [0.05, 0.1) is 6.61 Å². The highest BCUT2D eigenvalue weighted by Crippen LogP contribution is 2.28. The standard InChI is InChI=1S/C16H26BrNO/c1-4-5-13(2)16(12-18-10-11-19-3)14-6-8-15(17)9-7-14/h6-9,13,16,18H,4-5,10-12H2,1-3H3. The zero-order chi connectivity index (χ0) is 14.1. The lowest BCUT2D eigenvalue weighted by molar-refractivity contribution is 0.198. The Morgan fingerprint density at radius 1 is 1.26 bits per heavy atom. The van der Waals surface area contributed by atoms with Gasteiger partial charge in [-0.2, -0.15) is 0 Å². The van der Waals surface area contributed by atoms with Crippen LogP contribution in [0.4, 0.5) is 0 Å². The second-order valence-corrected chi connectivity index (χ2v) is 6.04. The molecule has 0 aliphatic rings. The van der Waals surface area contributed by atoms with Crippen LogP contribution in [0.25, 0.3) is 0 Å². The van der Waals surface area contributed by atoms with Gasteiger partial charge in [0, 0.05) is 24.7 Å². The zero-order valence-electron chi connectivity index (χ0n) is 12.3. The molecule has 1 N–H and O–H groups in total. The first-order chi connectivity index (χ1) is 9.19. The van der Waals surface area contributed by atoms with Gasteiger partial charge in [0.2, 0.25) is 0 Å². The van der Waals surface area contributed by atoms with Crippen molar-refractivity contribution in [3.05, 3.63) is 34.3 Å². The van der Waals surface area contributed by atoms with Crippen LogP contribution in [-0.4, -0.2) is 26.8 Å². The molecule has 0 spiro atoms. The largest absolute Gasteiger partial charge is 0.383 e. The lowest BCUT2D eigenvalue weighted by Gasteiger charge is -2.25. The number of halogens is 1. The van der Waals surface area contributed by atoms with Gasteiger partial charge in [0.25, 0.3) is 0 Å². The summed E-state index contributed by atoms with van der Waals surface area (Å²) in [5, 5.41) is 3.50. The van der Waals surface area contributed by atoms with Crippen molar-refractivity contribution < 1.29 is 4.74 Å². The first-order valence-corrected chi connectivity index (χ1v) is 7.93. The van der Waals surface area contributed by atoms with Crippen molar-refractivity contribution in [2.75, 3.05) is 26.8 Å². The number of hydrogen-bond donors (Lipinski definition) is 1. The SMILES string of the molecule is CCCC(C)C(CNCCOC)c1ccc(Br)cc1. The first kappa shape index (κ1) is 16.7. The average Bonchev–Trinajstić information content (AvgIpc) is 2.40. The molecule has 1 rings (SSSR count). The third kappa shape index (κ3) is 6.07. The average molecular weight is 328 g/mol. The first-order valence-electron chi connectivity index (χ1n) is 7.14. The predicted molar refractivity (Wildman–Crippen MR) is 85.7 cm³/mol. The molecule has 0 saturated carbocycles. The van der Waals surface area contributed by atoms with Gasteiger partial charge in [-0.05, 0) is 29.5 Å². The molecule has 0 radical (unpaired) electrons. The summed E-state index contributed by atoms with van der Waals surface area (Å²) >= 11 is 3.50. The normalized spacial score (nSPS) is 14.3. The predicted octanol–water partition coefficient (Wildman–Crippen LogP) is 4.20. The monoisotopic (exact) mass is 327 g/mol. The molecule has 1 aromatic carbocycles. The molecule has 0 amide bonds. The molecular formula is C16H26BrNO. The maximum Gasteiger partial charge on any atom is 0.0587 e. The summed E-state index contributed by atoms with van der Waals surface area (Å²) in [6.07, 6.45) is 2.51. The minimum atomic E-state index is 0.574. The number of hydrogen-bond acceptors (Lipinski definition) is 2. The van der Waals surface area contributed by atoms with Crippen molar-refractivity contribution in [3.63, 3.8) is 0 Å². The van der Waals surface area contributed by atoms with E-state index in [9.17, 15) is 0 Å². The topological polar surface area (TPSA) is 21.3 Å². The Kier molecular flexibility index (Phi) is 8.35. The van der Waals surface area contributed by atoms with E-state index < -0.39 is 0 Å². The number of rotatable bonds is 9. The van der Waals surface area contributed by atoms with E-state index >= 15 is 0 Å². The lowest BCUT2D eigenvalue weighted by Crippen LogP contribution is -2.28. The van der Waals surface area contributed by atoms with Gasteiger partial charge in [-0.15, -0.1) is 0 Å². The third-order valence-corrected chi connectivity index (χ3v) is 4.10. The van der Waals surface area contributed by atoms with Crippen LogP contribution in [0.5, 0.6) is 0 Å². The number of nitrogens with one attached hydrogen (secondary N) is 1. The summed E-state index contributed by atoms with van der Waals surface area (Å²) < 4.78 is 6.23. The van der Waals surface area contributed by atoms with Crippen LogP contribution >= 0.6 is 15.9 Å². The fraction of sp³-hybridized carbons (Fsp3) is 0.625. The summed E-state index contributed by atoms with van der Waals surface area (Å²) in [4.78, 5) is 0. The zero-order valence-corrected chi connectivity index (χ0v) is 13.9. The van der Waals surface area contributed by atoms with Gasteiger partial charge in [0.1, 0.15) is 0 Å². The maximum absolute atomic E-state index is 5.08. The van der Waals surface area contributed by atoms with E-state index in [1.165, 1.54) is 18.4 Å². The summed E-state index contributed by atoms with van der Waals surface area (Å²) in [5.41, 5.74) is 1.43. The molecule has 0 aliphatic carbocycles. The van der Waals surface area contributed by atoms with E-state index in [0.29, 0.717) is 11.8 Å². The van der Waals surface area contributed by atoms with Crippen LogP contribution in [0.3, 0.4) is 0 Å². The maximum atomic E-state index is 5.08. The van der Waals surface area contributed by atoms with Crippen molar-refractivity contribution in [2.24, 2.45) is 5.92 Å². The van der Waals surface area contributed by atoms with Gasteiger partial charge in [-0.25, -0.2) is 0 Å². The van der Waals surface area contributed by atoms with Gasteiger partial charge in [0.15, 0.2) is 0 Å². The van der Waals surface area contributed by atoms with Gasteiger partial charge >= 0.3 is 0 Å². The number of benzene rings is 1. The van der Waals surface area contributed by atoms with Gasteiger partial charge < -0.3 is 10.1 Å². The van der Waals surface area contributed by atoms with Crippen molar-refractivity contribution in [2.45, 2.75) is 32.6 Å². The molecule has 1 aromatic rings. The minimum absolute atomic E-state index is 0.574. The highest BCUT2D eigenvalue weighted by molar-refractivity contribution is 9.10. The van der Waals surface area contributed by atoms with E-state index in [0.717, 1.165) is 24.2 Å². The highest BCUT2D eigenvalue weighted by atomic mass is 79.9. The highest BCUT2D eigenvalue weighted by Gasteiger charge is 2.18. The lowest BCUT2D eigenvalue weighted by atomic mass is 9.84. The van der Waals surface area contributed by atoms with Crippen LogP contribution in [0.15, 0.2) is 28.7 Å². The second-order valence-electron chi connectivity index (χ2n) is 5.12. The molecule has 19 heavy (non-hydrogen) atoms. The van der Waals surface area contributed by atoms with E-state index in [4.69, 9.17) is 4.74 Å². The van der Waals surface area contributed by atoms with E-state index in [1.807, 2.05) is 0 Å². The molecule has 2 unspecified atom stereocenters. The molecule has 0 aliphatic heterocycles. The van der Waals surface area contributed by atoms with E-state index in [-0.39, 0.29) is 0 Å². The van der Waals surface area contributed by atoms with Crippen molar-refractivity contribution in [3.8, 4) is 0 Å². The Labute approximate surface area is 126 Å². The molecule has 0 fully saturated rings. The summed E-state index contributed by atoms with van der Waals surface area (Å²) in [7, 11) is 1.74. The third-order valence-electron chi connectivity index (χ3n) is 3.58. The summed E-state index contributed by atoms with van der Waals surface area (Å²) in [6.45, 7) is 7.32. The van der Waals surface area contributed by atoms with E-state index in [2.05, 4.69) is 59.4 Å². The molecule has 0 aromatic heterocycles. The van der Waals surface area contributed by atoms with Gasteiger partial charge in [-0.1, -0.05) is 54.8 Å². The van der Waals surface area contributed by atoms with Crippen LogP contribution in [-0.2, 0) is 4.74 Å². The fourth-order valence-electron chi connectivity index (χ4n) is 2.45. The number of ether oxygens (including phenoxy) is 1. The smallest absolute Gasteiger partial charge is 0.0587 e. The molecular weight excluding hydrogens is 302 g/mol. The Balaban J connectivity index is 2.65.